The first-order valence-electron chi connectivity index (χ1n) is 6.60. The van der Waals surface area contributed by atoms with Crippen molar-refractivity contribution < 1.29 is 4.79 Å². The summed E-state index contributed by atoms with van der Waals surface area (Å²) in [5, 5.41) is 0.829. The molecule has 1 amide bonds. The highest BCUT2D eigenvalue weighted by Crippen LogP contribution is 2.24. The number of halogens is 1. The minimum atomic E-state index is 0.120. The summed E-state index contributed by atoms with van der Waals surface area (Å²) in [6.45, 7) is 0.776. The number of carbonyl (C=O) groups is 1. The molecular formula is C14H19BrN2O. The van der Waals surface area contributed by atoms with Gasteiger partial charge in [0.2, 0.25) is 0 Å². The fraction of sp³-hybridized carbons (Fsp3) is 0.571. The van der Waals surface area contributed by atoms with Gasteiger partial charge in [0, 0.05) is 30.3 Å². The van der Waals surface area contributed by atoms with Gasteiger partial charge >= 0.3 is 0 Å². The molecule has 0 atom stereocenters. The minimum Gasteiger partial charge on any atom is -0.335 e. The van der Waals surface area contributed by atoms with Gasteiger partial charge in [0.15, 0.2) is 0 Å². The van der Waals surface area contributed by atoms with Crippen molar-refractivity contribution >= 4 is 21.8 Å². The molecule has 1 fully saturated rings. The fourth-order valence-corrected chi connectivity index (χ4v) is 2.97. The molecule has 0 N–H and O–H groups in total. The monoisotopic (exact) mass is 310 g/mol. The predicted octanol–water partition coefficient (Wildman–Crippen LogP) is 3.25. The maximum absolute atomic E-state index is 12.5. The van der Waals surface area contributed by atoms with E-state index in [1.807, 2.05) is 17.0 Å². The maximum Gasteiger partial charge on any atom is 0.255 e. The van der Waals surface area contributed by atoms with E-state index in [2.05, 4.69) is 20.9 Å². The summed E-state index contributed by atoms with van der Waals surface area (Å²) in [5.74, 6) is 0.120. The van der Waals surface area contributed by atoms with Gasteiger partial charge in [-0.2, -0.15) is 0 Å². The number of rotatable bonds is 4. The Hall–Kier alpha value is -0.900. The van der Waals surface area contributed by atoms with Gasteiger partial charge in [-0.3, -0.25) is 9.78 Å². The first-order chi connectivity index (χ1) is 8.83. The van der Waals surface area contributed by atoms with Gasteiger partial charge in [-0.15, -0.1) is 0 Å². The first kappa shape index (κ1) is 13.5. The second-order valence-corrected chi connectivity index (χ2v) is 5.51. The predicted molar refractivity (Wildman–Crippen MR) is 75.9 cm³/mol. The summed E-state index contributed by atoms with van der Waals surface area (Å²) in [7, 11) is 0. The lowest BCUT2D eigenvalue weighted by atomic mass is 9.94. The van der Waals surface area contributed by atoms with E-state index in [9.17, 15) is 4.79 Å². The first-order valence-corrected chi connectivity index (χ1v) is 7.72. The quantitative estimate of drug-likeness (QED) is 0.800. The van der Waals surface area contributed by atoms with E-state index in [4.69, 9.17) is 0 Å². The molecule has 0 radical (unpaired) electrons. The molecule has 0 bridgehead atoms. The van der Waals surface area contributed by atoms with Crippen LogP contribution >= 0.6 is 15.9 Å². The van der Waals surface area contributed by atoms with Crippen LogP contribution in [0.5, 0.6) is 0 Å². The number of carbonyl (C=O) groups excluding carboxylic acids is 1. The van der Waals surface area contributed by atoms with Gasteiger partial charge in [-0.25, -0.2) is 0 Å². The molecule has 1 aromatic heterocycles. The van der Waals surface area contributed by atoms with Crippen LogP contribution in [0.4, 0.5) is 0 Å². The van der Waals surface area contributed by atoms with Gasteiger partial charge in [0.05, 0.1) is 5.56 Å². The Labute approximate surface area is 117 Å². The molecule has 2 rings (SSSR count). The number of hydrogen-bond acceptors (Lipinski definition) is 2. The van der Waals surface area contributed by atoms with Crippen molar-refractivity contribution in [3.63, 3.8) is 0 Å². The summed E-state index contributed by atoms with van der Waals surface area (Å²) < 4.78 is 0. The summed E-state index contributed by atoms with van der Waals surface area (Å²) in [6.07, 6.45) is 9.42. The molecule has 0 saturated heterocycles. The molecule has 1 heterocycles. The lowest BCUT2D eigenvalue weighted by molar-refractivity contribution is 0.0650. The number of nitrogens with zero attached hydrogens (tertiary/aromatic N) is 2. The largest absolute Gasteiger partial charge is 0.335 e. The molecule has 18 heavy (non-hydrogen) atoms. The van der Waals surface area contributed by atoms with Gasteiger partial charge in [-0.05, 0) is 25.0 Å². The van der Waals surface area contributed by atoms with E-state index < -0.39 is 0 Å². The Bertz CT molecular complexity index is 377. The third kappa shape index (κ3) is 3.31. The molecule has 4 heteroatoms. The Morgan fingerprint density at radius 1 is 1.39 bits per heavy atom. The van der Waals surface area contributed by atoms with Crippen molar-refractivity contribution in [1.29, 1.82) is 0 Å². The third-order valence-corrected chi connectivity index (χ3v) is 3.86. The molecule has 0 unspecified atom stereocenters. The third-order valence-electron chi connectivity index (χ3n) is 3.51. The lowest BCUT2D eigenvalue weighted by Crippen LogP contribution is -2.42. The Balaban J connectivity index is 2.11. The highest BCUT2D eigenvalue weighted by Gasteiger charge is 2.25. The van der Waals surface area contributed by atoms with Crippen molar-refractivity contribution in [2.75, 3.05) is 11.9 Å². The van der Waals surface area contributed by atoms with E-state index >= 15 is 0 Å². The smallest absolute Gasteiger partial charge is 0.255 e. The number of hydrogen-bond donors (Lipinski definition) is 0. The van der Waals surface area contributed by atoms with Crippen molar-refractivity contribution in [2.45, 2.75) is 38.1 Å². The van der Waals surface area contributed by atoms with Crippen LogP contribution in [-0.2, 0) is 0 Å². The lowest BCUT2D eigenvalue weighted by Gasteiger charge is -2.34. The van der Waals surface area contributed by atoms with Crippen LogP contribution in [0, 0.1) is 0 Å². The normalized spacial score (nSPS) is 16.5. The number of amides is 1. The zero-order valence-electron chi connectivity index (χ0n) is 10.5. The van der Waals surface area contributed by atoms with Crippen molar-refractivity contribution in [3.8, 4) is 0 Å². The van der Waals surface area contributed by atoms with Crippen molar-refractivity contribution in [2.24, 2.45) is 0 Å². The minimum absolute atomic E-state index is 0.120. The molecule has 0 aliphatic heterocycles. The number of pyridine rings is 1. The van der Waals surface area contributed by atoms with E-state index in [1.165, 1.54) is 19.3 Å². The zero-order valence-corrected chi connectivity index (χ0v) is 12.1. The molecule has 1 aliphatic carbocycles. The van der Waals surface area contributed by atoms with Crippen LogP contribution in [-0.4, -0.2) is 33.7 Å². The molecular weight excluding hydrogens is 292 g/mol. The van der Waals surface area contributed by atoms with E-state index in [1.54, 1.807) is 12.4 Å². The number of aromatic nitrogens is 1. The van der Waals surface area contributed by atoms with Crippen LogP contribution in [0.2, 0.25) is 0 Å². The van der Waals surface area contributed by atoms with Gasteiger partial charge < -0.3 is 4.90 Å². The van der Waals surface area contributed by atoms with Crippen LogP contribution in [0.25, 0.3) is 0 Å². The van der Waals surface area contributed by atoms with Gasteiger partial charge in [0.25, 0.3) is 5.91 Å². The summed E-state index contributed by atoms with van der Waals surface area (Å²) >= 11 is 3.45. The van der Waals surface area contributed by atoms with Gasteiger partial charge in [0.1, 0.15) is 0 Å². The van der Waals surface area contributed by atoms with Gasteiger partial charge in [-0.1, -0.05) is 35.2 Å². The average Bonchev–Trinajstić information content (AvgIpc) is 2.46. The number of alkyl halides is 1. The van der Waals surface area contributed by atoms with Crippen LogP contribution in [0.3, 0.4) is 0 Å². The van der Waals surface area contributed by atoms with E-state index in [-0.39, 0.29) is 5.91 Å². The second kappa shape index (κ2) is 6.88. The average molecular weight is 311 g/mol. The molecule has 3 nitrogen and oxygen atoms in total. The topological polar surface area (TPSA) is 33.2 Å². The van der Waals surface area contributed by atoms with Crippen LogP contribution < -0.4 is 0 Å². The highest BCUT2D eigenvalue weighted by molar-refractivity contribution is 9.09. The molecule has 0 spiro atoms. The SMILES string of the molecule is O=C(c1cccnc1)N(CCBr)C1CCCCC1. The Morgan fingerprint density at radius 3 is 2.78 bits per heavy atom. The van der Waals surface area contributed by atoms with Crippen molar-refractivity contribution in [1.82, 2.24) is 9.88 Å². The maximum atomic E-state index is 12.5. The summed E-state index contributed by atoms with van der Waals surface area (Å²) in [5.41, 5.74) is 0.698. The standard InChI is InChI=1S/C14H19BrN2O/c15-8-10-17(13-6-2-1-3-7-13)14(18)12-5-4-9-16-11-12/h4-5,9,11,13H,1-3,6-8,10H2. The molecule has 98 valence electrons. The van der Waals surface area contributed by atoms with Crippen LogP contribution in [0.1, 0.15) is 42.5 Å². The molecule has 1 aromatic rings. The molecule has 1 saturated carbocycles. The second-order valence-electron chi connectivity index (χ2n) is 4.72. The zero-order chi connectivity index (χ0) is 12.8. The molecule has 0 aromatic carbocycles. The fourth-order valence-electron chi connectivity index (χ4n) is 2.59. The highest BCUT2D eigenvalue weighted by atomic mass is 79.9. The van der Waals surface area contributed by atoms with E-state index in [0.29, 0.717) is 11.6 Å². The van der Waals surface area contributed by atoms with Crippen LogP contribution in [0.15, 0.2) is 24.5 Å². The Morgan fingerprint density at radius 2 is 2.17 bits per heavy atom. The van der Waals surface area contributed by atoms with Crippen molar-refractivity contribution in [3.05, 3.63) is 30.1 Å². The Kier molecular flexibility index (Phi) is 5.17. The summed E-state index contributed by atoms with van der Waals surface area (Å²) in [4.78, 5) is 18.6. The molecule has 1 aliphatic rings. The van der Waals surface area contributed by atoms with E-state index in [0.717, 1.165) is 24.7 Å². The summed E-state index contributed by atoms with van der Waals surface area (Å²) in [6, 6.07) is 4.07.